The van der Waals surface area contributed by atoms with Crippen LogP contribution in [0.4, 0.5) is 0 Å². The first-order valence-electron chi connectivity index (χ1n) is 7.76. The van der Waals surface area contributed by atoms with Crippen molar-refractivity contribution >= 4 is 22.8 Å². The average Bonchev–Trinajstić information content (AvgIpc) is 2.81. The zero-order valence-electron chi connectivity index (χ0n) is 11.4. The lowest BCUT2D eigenvalue weighted by Crippen LogP contribution is -2.09. The van der Waals surface area contributed by atoms with Crippen molar-refractivity contribution in [2.24, 2.45) is 23.7 Å². The first-order valence-corrected chi connectivity index (χ1v) is 8.29. The fourth-order valence-electron chi connectivity index (χ4n) is 5.17. The number of nitrogens with zero attached hydrogens (tertiary/aromatic N) is 3. The first kappa shape index (κ1) is 11.6. The molecule has 20 heavy (non-hydrogen) atoms. The van der Waals surface area contributed by atoms with E-state index in [2.05, 4.69) is 15.6 Å². The number of hydrogen-bond acceptors (Lipinski definition) is 2. The third kappa shape index (κ3) is 1.37. The molecule has 3 fully saturated rings. The molecule has 0 amide bonds. The predicted molar refractivity (Wildman–Crippen MR) is 78.8 cm³/mol. The summed E-state index contributed by atoms with van der Waals surface area (Å²) < 4.78 is 2.44. The molecule has 5 rings (SSSR count). The topological polar surface area (TPSA) is 30.7 Å². The number of pyridine rings is 1. The molecule has 3 aliphatic rings. The van der Waals surface area contributed by atoms with Gasteiger partial charge in [-0.05, 0) is 55.1 Å². The summed E-state index contributed by atoms with van der Waals surface area (Å²) in [5, 5.41) is 0. The maximum absolute atomic E-state index is 5.98. The van der Waals surface area contributed by atoms with Gasteiger partial charge in [0.15, 0.2) is 5.65 Å². The monoisotopic (exact) mass is 287 g/mol. The summed E-state index contributed by atoms with van der Waals surface area (Å²) >= 11 is 5.98. The van der Waals surface area contributed by atoms with Crippen LogP contribution in [-0.4, -0.2) is 20.4 Å². The van der Waals surface area contributed by atoms with E-state index >= 15 is 0 Å². The van der Waals surface area contributed by atoms with E-state index in [-0.39, 0.29) is 0 Å². The van der Waals surface area contributed by atoms with Crippen LogP contribution in [0.2, 0.25) is 0 Å². The predicted octanol–water partition coefficient (Wildman–Crippen LogP) is 3.43. The van der Waals surface area contributed by atoms with Crippen LogP contribution in [0.3, 0.4) is 0 Å². The Kier molecular flexibility index (Phi) is 2.29. The van der Waals surface area contributed by atoms with Crippen molar-refractivity contribution in [3.05, 3.63) is 24.2 Å². The highest BCUT2D eigenvalue weighted by atomic mass is 35.5. The van der Waals surface area contributed by atoms with Crippen LogP contribution < -0.4 is 0 Å². The van der Waals surface area contributed by atoms with Gasteiger partial charge in [-0.3, -0.25) is 0 Å². The highest BCUT2D eigenvalue weighted by Crippen LogP contribution is 2.71. The van der Waals surface area contributed by atoms with Gasteiger partial charge < -0.3 is 4.57 Å². The number of aromatic nitrogens is 3. The molecule has 3 saturated carbocycles. The third-order valence-corrected chi connectivity index (χ3v) is 6.02. The standard InChI is InChI=1S/C16H18ClN3/c17-6-5-12-19-11-2-1-7-18-16(11)20(12)15-13-9-3-4-10(8-9)14(13)15/h1-2,7,9-10,13-15H,3-6,8H2. The zero-order chi connectivity index (χ0) is 13.3. The van der Waals surface area contributed by atoms with E-state index in [1.54, 1.807) is 0 Å². The average molecular weight is 288 g/mol. The van der Waals surface area contributed by atoms with Gasteiger partial charge in [-0.25, -0.2) is 9.97 Å². The Balaban J connectivity index is 1.63. The molecule has 2 heterocycles. The molecule has 3 aliphatic carbocycles. The van der Waals surface area contributed by atoms with Crippen molar-refractivity contribution < 1.29 is 0 Å². The number of halogens is 1. The van der Waals surface area contributed by atoms with Crippen LogP contribution in [0.5, 0.6) is 0 Å². The molecule has 0 radical (unpaired) electrons. The Morgan fingerprint density at radius 1 is 1.25 bits per heavy atom. The Morgan fingerprint density at radius 2 is 2.05 bits per heavy atom. The van der Waals surface area contributed by atoms with Crippen LogP contribution in [0, 0.1) is 23.7 Å². The van der Waals surface area contributed by atoms with Crippen molar-refractivity contribution in [2.75, 3.05) is 5.88 Å². The lowest BCUT2D eigenvalue weighted by Gasteiger charge is -2.13. The van der Waals surface area contributed by atoms with E-state index in [9.17, 15) is 0 Å². The summed E-state index contributed by atoms with van der Waals surface area (Å²) in [6.45, 7) is 0. The van der Waals surface area contributed by atoms with Gasteiger partial charge in [-0.2, -0.15) is 0 Å². The lowest BCUT2D eigenvalue weighted by molar-refractivity contribution is 0.451. The minimum Gasteiger partial charge on any atom is -0.309 e. The second-order valence-electron chi connectivity index (χ2n) is 6.66. The van der Waals surface area contributed by atoms with E-state index in [1.165, 1.54) is 19.3 Å². The Hall–Kier alpha value is -1.09. The van der Waals surface area contributed by atoms with Gasteiger partial charge in [0, 0.05) is 24.5 Å². The largest absolute Gasteiger partial charge is 0.309 e. The molecule has 0 aromatic carbocycles. The van der Waals surface area contributed by atoms with E-state index in [1.807, 2.05) is 12.3 Å². The van der Waals surface area contributed by atoms with Gasteiger partial charge >= 0.3 is 0 Å². The summed E-state index contributed by atoms with van der Waals surface area (Å²) in [7, 11) is 0. The molecule has 4 atom stereocenters. The summed E-state index contributed by atoms with van der Waals surface area (Å²) in [5.41, 5.74) is 2.11. The fraction of sp³-hybridized carbons (Fsp3) is 0.625. The van der Waals surface area contributed by atoms with Gasteiger partial charge in [0.2, 0.25) is 0 Å². The van der Waals surface area contributed by atoms with Gasteiger partial charge in [0.25, 0.3) is 0 Å². The van der Waals surface area contributed by atoms with Crippen molar-refractivity contribution in [3.8, 4) is 0 Å². The fourth-order valence-corrected chi connectivity index (χ4v) is 5.34. The number of fused-ring (bicyclic) bond motifs is 6. The van der Waals surface area contributed by atoms with Crippen LogP contribution in [0.25, 0.3) is 11.2 Å². The molecular formula is C16H18ClN3. The van der Waals surface area contributed by atoms with Crippen molar-refractivity contribution in [1.29, 1.82) is 0 Å². The van der Waals surface area contributed by atoms with Crippen LogP contribution in [-0.2, 0) is 6.42 Å². The molecule has 4 heteroatoms. The maximum atomic E-state index is 5.98. The number of hydrogen-bond donors (Lipinski definition) is 0. The molecule has 104 valence electrons. The molecule has 4 unspecified atom stereocenters. The van der Waals surface area contributed by atoms with Gasteiger partial charge in [0.1, 0.15) is 11.3 Å². The highest BCUT2D eigenvalue weighted by molar-refractivity contribution is 6.17. The quantitative estimate of drug-likeness (QED) is 0.810. The second kappa shape index (κ2) is 3.97. The zero-order valence-corrected chi connectivity index (χ0v) is 12.1. The number of alkyl halides is 1. The Bertz CT molecular complexity index is 663. The van der Waals surface area contributed by atoms with E-state index < -0.39 is 0 Å². The smallest absolute Gasteiger partial charge is 0.160 e. The molecule has 0 saturated heterocycles. The van der Waals surface area contributed by atoms with Crippen LogP contribution in [0.1, 0.15) is 31.1 Å². The molecule has 0 N–H and O–H groups in total. The van der Waals surface area contributed by atoms with Crippen molar-refractivity contribution in [3.63, 3.8) is 0 Å². The Labute approximate surface area is 123 Å². The molecule has 0 spiro atoms. The molecule has 2 aromatic heterocycles. The maximum Gasteiger partial charge on any atom is 0.160 e. The van der Waals surface area contributed by atoms with Crippen molar-refractivity contribution in [1.82, 2.24) is 14.5 Å². The molecular weight excluding hydrogens is 270 g/mol. The molecule has 2 aromatic rings. The summed E-state index contributed by atoms with van der Waals surface area (Å²) in [5.74, 6) is 5.54. The second-order valence-corrected chi connectivity index (χ2v) is 7.04. The number of imidazole rings is 1. The number of aryl methyl sites for hydroxylation is 1. The summed E-state index contributed by atoms with van der Waals surface area (Å²) in [6, 6.07) is 4.71. The summed E-state index contributed by atoms with van der Waals surface area (Å²) in [6.07, 6.45) is 7.12. The van der Waals surface area contributed by atoms with Gasteiger partial charge in [-0.15, -0.1) is 11.6 Å². The number of rotatable bonds is 3. The lowest BCUT2D eigenvalue weighted by atomic mass is 10.0. The molecule has 3 nitrogen and oxygen atoms in total. The third-order valence-electron chi connectivity index (χ3n) is 5.83. The minimum absolute atomic E-state index is 0.637. The van der Waals surface area contributed by atoms with E-state index in [4.69, 9.17) is 16.6 Å². The Morgan fingerprint density at radius 3 is 2.80 bits per heavy atom. The van der Waals surface area contributed by atoms with Gasteiger partial charge in [0.05, 0.1) is 0 Å². The normalized spacial score (nSPS) is 37.5. The van der Waals surface area contributed by atoms with E-state index in [0.717, 1.165) is 47.1 Å². The van der Waals surface area contributed by atoms with Gasteiger partial charge in [-0.1, -0.05) is 0 Å². The van der Waals surface area contributed by atoms with Crippen LogP contribution >= 0.6 is 11.6 Å². The molecule has 2 bridgehead atoms. The van der Waals surface area contributed by atoms with Crippen LogP contribution in [0.15, 0.2) is 18.3 Å². The first-order chi connectivity index (χ1) is 9.88. The SMILES string of the molecule is ClCCc1nc2cccnc2n1C1C2C3CCC(C3)C21. The minimum atomic E-state index is 0.637. The highest BCUT2D eigenvalue weighted by Gasteiger charge is 2.66. The van der Waals surface area contributed by atoms with Crippen molar-refractivity contribution in [2.45, 2.75) is 31.7 Å². The molecule has 0 aliphatic heterocycles. The summed E-state index contributed by atoms with van der Waals surface area (Å²) in [4.78, 5) is 9.38. The van der Waals surface area contributed by atoms with E-state index in [0.29, 0.717) is 11.9 Å².